The minimum atomic E-state index is -0.829. The fourth-order valence-electron chi connectivity index (χ4n) is 1.46. The molecule has 0 aliphatic rings. The SMILES string of the molecule is O=C(O)CSc1nccn1Cc1ccccc1. The summed E-state index contributed by atoms with van der Waals surface area (Å²) in [6.07, 6.45) is 3.55. The third-order valence-corrected chi connectivity index (χ3v) is 3.19. The van der Waals surface area contributed by atoms with Crippen LogP contribution in [0.4, 0.5) is 0 Å². The largest absolute Gasteiger partial charge is 0.481 e. The van der Waals surface area contributed by atoms with Gasteiger partial charge in [0.2, 0.25) is 0 Å². The maximum absolute atomic E-state index is 10.5. The predicted octanol–water partition coefficient (Wildman–Crippen LogP) is 2.11. The Labute approximate surface area is 103 Å². The summed E-state index contributed by atoms with van der Waals surface area (Å²) in [5, 5.41) is 9.37. The van der Waals surface area contributed by atoms with E-state index >= 15 is 0 Å². The van der Waals surface area contributed by atoms with Gasteiger partial charge < -0.3 is 9.67 Å². The van der Waals surface area contributed by atoms with Crippen molar-refractivity contribution in [2.75, 3.05) is 5.75 Å². The Hall–Kier alpha value is -1.75. The summed E-state index contributed by atoms with van der Waals surface area (Å²) in [5.74, 6) is -0.796. The van der Waals surface area contributed by atoms with Gasteiger partial charge >= 0.3 is 5.97 Å². The first kappa shape index (κ1) is 11.7. The molecule has 0 unspecified atom stereocenters. The van der Waals surface area contributed by atoms with Crippen LogP contribution in [0.5, 0.6) is 0 Å². The van der Waals surface area contributed by atoms with E-state index in [9.17, 15) is 4.79 Å². The molecule has 5 heteroatoms. The van der Waals surface area contributed by atoms with Gasteiger partial charge in [-0.2, -0.15) is 0 Å². The van der Waals surface area contributed by atoms with Gasteiger partial charge in [-0.1, -0.05) is 42.1 Å². The van der Waals surface area contributed by atoms with Gasteiger partial charge in [-0.15, -0.1) is 0 Å². The number of carbonyl (C=O) groups is 1. The third kappa shape index (κ3) is 3.35. The monoisotopic (exact) mass is 248 g/mol. The number of nitrogens with zero attached hydrogens (tertiary/aromatic N) is 2. The van der Waals surface area contributed by atoms with Crippen molar-refractivity contribution < 1.29 is 9.90 Å². The van der Waals surface area contributed by atoms with Crippen LogP contribution < -0.4 is 0 Å². The Kier molecular flexibility index (Phi) is 3.82. The van der Waals surface area contributed by atoms with Crippen molar-refractivity contribution in [1.82, 2.24) is 9.55 Å². The Morgan fingerprint density at radius 2 is 2.12 bits per heavy atom. The molecule has 4 nitrogen and oxygen atoms in total. The molecule has 17 heavy (non-hydrogen) atoms. The zero-order valence-electron chi connectivity index (χ0n) is 9.11. The van der Waals surface area contributed by atoms with Gasteiger partial charge in [0.05, 0.1) is 5.75 Å². The van der Waals surface area contributed by atoms with Gasteiger partial charge in [0, 0.05) is 18.9 Å². The second-order valence-corrected chi connectivity index (χ2v) is 4.45. The standard InChI is InChI=1S/C12H12N2O2S/c15-11(16)9-17-12-13-6-7-14(12)8-10-4-2-1-3-5-10/h1-7H,8-9H2,(H,15,16). The Morgan fingerprint density at radius 3 is 2.82 bits per heavy atom. The highest BCUT2D eigenvalue weighted by Gasteiger charge is 2.06. The molecule has 0 aliphatic carbocycles. The fraction of sp³-hybridized carbons (Fsp3) is 0.167. The van der Waals surface area contributed by atoms with Crippen molar-refractivity contribution in [3.63, 3.8) is 0 Å². The summed E-state index contributed by atoms with van der Waals surface area (Å²) in [4.78, 5) is 14.7. The first-order chi connectivity index (χ1) is 8.25. The molecule has 0 amide bonds. The molecule has 0 saturated carbocycles. The molecule has 0 radical (unpaired) electrons. The van der Waals surface area contributed by atoms with Crippen molar-refractivity contribution in [2.45, 2.75) is 11.7 Å². The molecule has 1 heterocycles. The summed E-state index contributed by atoms with van der Waals surface area (Å²) in [7, 11) is 0. The lowest BCUT2D eigenvalue weighted by Crippen LogP contribution is -2.03. The average molecular weight is 248 g/mol. The van der Waals surface area contributed by atoms with E-state index in [0.29, 0.717) is 6.54 Å². The summed E-state index contributed by atoms with van der Waals surface area (Å²) < 4.78 is 1.95. The molecule has 0 saturated heterocycles. The van der Waals surface area contributed by atoms with E-state index < -0.39 is 5.97 Å². The maximum atomic E-state index is 10.5. The number of rotatable bonds is 5. The highest BCUT2D eigenvalue weighted by Crippen LogP contribution is 2.16. The van der Waals surface area contributed by atoms with Crippen molar-refractivity contribution in [3.8, 4) is 0 Å². The molecular weight excluding hydrogens is 236 g/mol. The molecular formula is C12H12N2O2S. The van der Waals surface area contributed by atoms with Gasteiger partial charge in [0.1, 0.15) is 0 Å². The van der Waals surface area contributed by atoms with Crippen LogP contribution in [0.1, 0.15) is 5.56 Å². The Bertz CT molecular complexity index is 496. The summed E-state index contributed by atoms with van der Waals surface area (Å²) in [6, 6.07) is 10.0. The number of thioether (sulfide) groups is 1. The first-order valence-electron chi connectivity index (χ1n) is 5.15. The minimum Gasteiger partial charge on any atom is -0.481 e. The topological polar surface area (TPSA) is 55.1 Å². The van der Waals surface area contributed by atoms with Gasteiger partial charge in [0.15, 0.2) is 5.16 Å². The molecule has 0 fully saturated rings. The van der Waals surface area contributed by atoms with Crippen LogP contribution in [0.15, 0.2) is 47.9 Å². The molecule has 1 aromatic heterocycles. The highest BCUT2D eigenvalue weighted by molar-refractivity contribution is 7.99. The molecule has 0 atom stereocenters. The predicted molar refractivity (Wildman–Crippen MR) is 66.1 cm³/mol. The van der Waals surface area contributed by atoms with E-state index in [1.807, 2.05) is 41.1 Å². The molecule has 1 N–H and O–H groups in total. The van der Waals surface area contributed by atoms with Crippen LogP contribution in [0.25, 0.3) is 0 Å². The second kappa shape index (κ2) is 5.54. The lowest BCUT2D eigenvalue weighted by molar-refractivity contribution is -0.133. The van der Waals surface area contributed by atoms with E-state index in [1.165, 1.54) is 17.3 Å². The van der Waals surface area contributed by atoms with Crippen molar-refractivity contribution in [2.24, 2.45) is 0 Å². The number of benzene rings is 1. The highest BCUT2D eigenvalue weighted by atomic mass is 32.2. The van der Waals surface area contributed by atoms with Crippen molar-refractivity contribution in [1.29, 1.82) is 0 Å². The molecule has 1 aromatic carbocycles. The minimum absolute atomic E-state index is 0.0335. The lowest BCUT2D eigenvalue weighted by Gasteiger charge is -2.06. The van der Waals surface area contributed by atoms with Gasteiger partial charge in [-0.05, 0) is 5.56 Å². The zero-order valence-corrected chi connectivity index (χ0v) is 9.93. The Balaban J connectivity index is 2.06. The number of imidazole rings is 1. The van der Waals surface area contributed by atoms with Gasteiger partial charge in [-0.3, -0.25) is 4.79 Å². The summed E-state index contributed by atoms with van der Waals surface area (Å²) in [6.45, 7) is 0.711. The van der Waals surface area contributed by atoms with Gasteiger partial charge in [-0.25, -0.2) is 4.98 Å². The number of hydrogen-bond donors (Lipinski definition) is 1. The molecule has 0 spiro atoms. The van der Waals surface area contributed by atoms with Crippen LogP contribution in [0.2, 0.25) is 0 Å². The van der Waals surface area contributed by atoms with Crippen molar-refractivity contribution >= 4 is 17.7 Å². The zero-order chi connectivity index (χ0) is 12.1. The molecule has 0 aliphatic heterocycles. The van der Waals surface area contributed by atoms with E-state index in [-0.39, 0.29) is 5.75 Å². The molecule has 2 aromatic rings. The van der Waals surface area contributed by atoms with Crippen LogP contribution in [0.3, 0.4) is 0 Å². The fourth-order valence-corrected chi connectivity index (χ4v) is 2.14. The summed E-state index contributed by atoms with van der Waals surface area (Å²) in [5.41, 5.74) is 1.17. The van der Waals surface area contributed by atoms with E-state index in [1.54, 1.807) is 6.20 Å². The first-order valence-corrected chi connectivity index (χ1v) is 6.14. The quantitative estimate of drug-likeness (QED) is 0.823. The second-order valence-electron chi connectivity index (χ2n) is 3.51. The number of carboxylic acids is 1. The Morgan fingerprint density at radius 1 is 1.35 bits per heavy atom. The van der Waals surface area contributed by atoms with E-state index in [0.717, 1.165) is 5.16 Å². The maximum Gasteiger partial charge on any atom is 0.313 e. The number of carboxylic acid groups (broad SMARTS) is 1. The number of aliphatic carboxylic acids is 1. The number of hydrogen-bond acceptors (Lipinski definition) is 3. The molecule has 0 bridgehead atoms. The normalized spacial score (nSPS) is 10.4. The lowest BCUT2D eigenvalue weighted by atomic mass is 10.2. The van der Waals surface area contributed by atoms with Crippen molar-refractivity contribution in [3.05, 3.63) is 48.3 Å². The summed E-state index contributed by atoms with van der Waals surface area (Å²) >= 11 is 1.23. The molecule has 2 rings (SSSR count). The van der Waals surface area contributed by atoms with E-state index in [4.69, 9.17) is 5.11 Å². The van der Waals surface area contributed by atoms with Gasteiger partial charge in [0.25, 0.3) is 0 Å². The van der Waals surface area contributed by atoms with Crippen LogP contribution in [-0.4, -0.2) is 26.4 Å². The molecule has 88 valence electrons. The average Bonchev–Trinajstić information content (AvgIpc) is 2.75. The van der Waals surface area contributed by atoms with Crippen LogP contribution >= 0.6 is 11.8 Å². The smallest absolute Gasteiger partial charge is 0.313 e. The van der Waals surface area contributed by atoms with E-state index in [2.05, 4.69) is 4.98 Å². The third-order valence-electron chi connectivity index (χ3n) is 2.20. The van der Waals surface area contributed by atoms with Crippen LogP contribution in [0, 0.1) is 0 Å². The number of aromatic nitrogens is 2. The van der Waals surface area contributed by atoms with Crippen LogP contribution in [-0.2, 0) is 11.3 Å².